The third-order valence-corrected chi connectivity index (χ3v) is 3.04. The fraction of sp³-hybridized carbons (Fsp3) is 0.500. The molecule has 0 aliphatic carbocycles. The molecule has 1 aromatic rings. The molecule has 0 heterocycles. The van der Waals surface area contributed by atoms with Crippen LogP contribution in [0.2, 0.25) is 0 Å². The highest BCUT2D eigenvalue weighted by atomic mass is 14.1. The highest BCUT2D eigenvalue weighted by Crippen LogP contribution is 2.17. The first-order chi connectivity index (χ1) is 7.81. The average Bonchev–Trinajstić information content (AvgIpc) is 2.31. The van der Waals surface area contributed by atoms with Crippen molar-refractivity contribution in [2.24, 2.45) is 0 Å². The smallest absolute Gasteiger partial charge is 0.0260 e. The Morgan fingerprint density at radius 2 is 1.81 bits per heavy atom. The maximum atomic E-state index is 3.84. The summed E-state index contributed by atoms with van der Waals surface area (Å²) in [6.07, 6.45) is 9.55. The van der Waals surface area contributed by atoms with Crippen LogP contribution in [-0.2, 0) is 12.8 Å². The van der Waals surface area contributed by atoms with E-state index in [-0.39, 0.29) is 0 Å². The molecule has 0 atom stereocenters. The summed E-state index contributed by atoms with van der Waals surface area (Å²) in [6.45, 7) is 8.35. The van der Waals surface area contributed by atoms with Gasteiger partial charge >= 0.3 is 0 Å². The molecule has 0 aliphatic rings. The Kier molecular flexibility index (Phi) is 5.92. The zero-order valence-electron chi connectivity index (χ0n) is 10.8. The van der Waals surface area contributed by atoms with Crippen LogP contribution in [0.1, 0.15) is 56.2 Å². The normalized spacial score (nSPS) is 10.4. The summed E-state index contributed by atoms with van der Waals surface area (Å²) in [4.78, 5) is 0. The number of rotatable bonds is 7. The lowest BCUT2D eigenvalue weighted by Gasteiger charge is -2.10. The molecule has 0 aromatic heterocycles. The Morgan fingerprint density at radius 1 is 1.00 bits per heavy atom. The Bertz CT molecular complexity index is 323. The minimum Gasteiger partial charge on any atom is -0.0985 e. The van der Waals surface area contributed by atoms with Crippen LogP contribution in [0.5, 0.6) is 0 Å². The van der Waals surface area contributed by atoms with Crippen LogP contribution in [0.3, 0.4) is 0 Å². The quantitative estimate of drug-likeness (QED) is 0.562. The Hall–Kier alpha value is -1.04. The molecule has 0 radical (unpaired) electrons. The summed E-state index contributed by atoms with van der Waals surface area (Å²) in [5, 5.41) is 0. The van der Waals surface area contributed by atoms with Gasteiger partial charge in [0.25, 0.3) is 0 Å². The molecule has 16 heavy (non-hydrogen) atoms. The van der Waals surface area contributed by atoms with Crippen molar-refractivity contribution >= 4 is 6.08 Å². The highest BCUT2D eigenvalue weighted by Gasteiger charge is 2.02. The summed E-state index contributed by atoms with van der Waals surface area (Å²) >= 11 is 0. The predicted octanol–water partition coefficient (Wildman–Crippen LogP) is 5.01. The fourth-order valence-corrected chi connectivity index (χ4v) is 2.08. The molecule has 0 saturated carbocycles. The van der Waals surface area contributed by atoms with Crippen molar-refractivity contribution in [2.75, 3.05) is 0 Å². The van der Waals surface area contributed by atoms with Crippen molar-refractivity contribution in [3.8, 4) is 0 Å². The van der Waals surface area contributed by atoms with E-state index in [4.69, 9.17) is 0 Å². The van der Waals surface area contributed by atoms with Gasteiger partial charge in [-0.25, -0.2) is 0 Å². The molecule has 0 amide bonds. The van der Waals surface area contributed by atoms with Gasteiger partial charge < -0.3 is 0 Å². The van der Waals surface area contributed by atoms with E-state index in [1.807, 2.05) is 6.08 Å². The fourth-order valence-electron chi connectivity index (χ4n) is 2.08. The van der Waals surface area contributed by atoms with E-state index in [1.165, 1.54) is 55.2 Å². The molecule has 0 bridgehead atoms. The van der Waals surface area contributed by atoms with E-state index in [1.54, 1.807) is 0 Å². The first-order valence-corrected chi connectivity index (χ1v) is 6.56. The van der Waals surface area contributed by atoms with Gasteiger partial charge in [0.15, 0.2) is 0 Å². The van der Waals surface area contributed by atoms with Gasteiger partial charge in [-0.05, 0) is 36.0 Å². The molecule has 0 spiro atoms. The summed E-state index contributed by atoms with van der Waals surface area (Å²) in [5.74, 6) is 0. The van der Waals surface area contributed by atoms with Crippen LogP contribution in [0.4, 0.5) is 0 Å². The maximum absolute atomic E-state index is 3.84. The Morgan fingerprint density at radius 3 is 2.44 bits per heavy atom. The van der Waals surface area contributed by atoms with Gasteiger partial charge in [0, 0.05) is 0 Å². The molecule has 0 saturated heterocycles. The maximum Gasteiger partial charge on any atom is -0.0260 e. The second kappa shape index (κ2) is 7.27. The minimum atomic E-state index is 1.21. The zero-order valence-corrected chi connectivity index (χ0v) is 10.8. The van der Waals surface area contributed by atoms with Gasteiger partial charge in [0.05, 0.1) is 0 Å². The van der Waals surface area contributed by atoms with Gasteiger partial charge in [0.1, 0.15) is 0 Å². The zero-order chi connectivity index (χ0) is 11.8. The molecular weight excluding hydrogens is 192 g/mol. The lowest BCUT2D eigenvalue weighted by molar-refractivity contribution is 0.711. The van der Waals surface area contributed by atoms with Crippen molar-refractivity contribution in [1.29, 1.82) is 0 Å². The van der Waals surface area contributed by atoms with E-state index in [9.17, 15) is 0 Å². The molecular formula is C16H24. The van der Waals surface area contributed by atoms with E-state index in [0.717, 1.165) is 0 Å². The number of benzene rings is 1. The van der Waals surface area contributed by atoms with Gasteiger partial charge in [0.2, 0.25) is 0 Å². The predicted molar refractivity (Wildman–Crippen MR) is 73.8 cm³/mol. The van der Waals surface area contributed by atoms with Crippen molar-refractivity contribution in [1.82, 2.24) is 0 Å². The molecule has 0 aliphatic heterocycles. The molecule has 0 N–H and O–H groups in total. The van der Waals surface area contributed by atoms with Crippen LogP contribution >= 0.6 is 0 Å². The van der Waals surface area contributed by atoms with Crippen molar-refractivity contribution in [2.45, 2.75) is 52.4 Å². The third-order valence-electron chi connectivity index (χ3n) is 3.04. The van der Waals surface area contributed by atoms with Gasteiger partial charge in [-0.3, -0.25) is 0 Å². The minimum absolute atomic E-state index is 1.21. The molecule has 0 fully saturated rings. The summed E-state index contributed by atoms with van der Waals surface area (Å²) in [5.41, 5.74) is 4.32. The van der Waals surface area contributed by atoms with E-state index >= 15 is 0 Å². The molecule has 0 unspecified atom stereocenters. The number of hydrogen-bond donors (Lipinski definition) is 0. The SMILES string of the molecule is C=Cc1ccc(CCC)c(CCCCC)c1. The molecule has 88 valence electrons. The number of hydrogen-bond acceptors (Lipinski definition) is 0. The number of unbranched alkanes of at least 4 members (excludes halogenated alkanes) is 2. The summed E-state index contributed by atoms with van der Waals surface area (Å²) < 4.78 is 0. The van der Waals surface area contributed by atoms with Gasteiger partial charge in [-0.15, -0.1) is 0 Å². The first-order valence-electron chi connectivity index (χ1n) is 6.56. The lowest BCUT2D eigenvalue weighted by atomic mass is 9.96. The lowest BCUT2D eigenvalue weighted by Crippen LogP contribution is -1.95. The molecule has 0 heteroatoms. The van der Waals surface area contributed by atoms with Crippen LogP contribution in [0, 0.1) is 0 Å². The topological polar surface area (TPSA) is 0 Å². The summed E-state index contributed by atoms with van der Waals surface area (Å²) in [7, 11) is 0. The Labute approximate surface area is 100 Å². The van der Waals surface area contributed by atoms with Crippen molar-refractivity contribution < 1.29 is 0 Å². The second-order valence-corrected chi connectivity index (χ2v) is 4.44. The van der Waals surface area contributed by atoms with Crippen molar-refractivity contribution in [3.63, 3.8) is 0 Å². The third kappa shape index (κ3) is 3.84. The standard InChI is InChI=1S/C16H24/c1-4-7-8-10-16-13-14(6-3)11-12-15(16)9-5-2/h6,11-13H,3-5,7-10H2,1-2H3. The van der Waals surface area contributed by atoms with Crippen LogP contribution in [0.25, 0.3) is 6.08 Å². The average molecular weight is 216 g/mol. The largest absolute Gasteiger partial charge is 0.0985 e. The monoisotopic (exact) mass is 216 g/mol. The second-order valence-electron chi connectivity index (χ2n) is 4.44. The van der Waals surface area contributed by atoms with Crippen LogP contribution < -0.4 is 0 Å². The van der Waals surface area contributed by atoms with Crippen LogP contribution in [-0.4, -0.2) is 0 Å². The van der Waals surface area contributed by atoms with E-state index in [2.05, 4.69) is 38.6 Å². The van der Waals surface area contributed by atoms with Crippen molar-refractivity contribution in [3.05, 3.63) is 41.5 Å². The number of aryl methyl sites for hydroxylation is 2. The van der Waals surface area contributed by atoms with E-state index < -0.39 is 0 Å². The molecule has 0 nitrogen and oxygen atoms in total. The van der Waals surface area contributed by atoms with Gasteiger partial charge in [-0.1, -0.05) is 64.0 Å². The molecule has 1 rings (SSSR count). The highest BCUT2D eigenvalue weighted by molar-refractivity contribution is 5.50. The van der Waals surface area contributed by atoms with E-state index in [0.29, 0.717) is 0 Å². The van der Waals surface area contributed by atoms with Gasteiger partial charge in [-0.2, -0.15) is 0 Å². The van der Waals surface area contributed by atoms with Crippen LogP contribution in [0.15, 0.2) is 24.8 Å². The summed E-state index contributed by atoms with van der Waals surface area (Å²) in [6, 6.07) is 6.77. The Balaban J connectivity index is 2.78. The first kappa shape index (κ1) is 13.0. The molecule has 1 aromatic carbocycles.